The van der Waals surface area contributed by atoms with Crippen LogP contribution in [0.2, 0.25) is 0 Å². The first kappa shape index (κ1) is 16.7. The summed E-state index contributed by atoms with van der Waals surface area (Å²) in [5.41, 5.74) is 2.78. The molecule has 2 fully saturated rings. The van der Waals surface area contributed by atoms with Crippen molar-refractivity contribution >= 4 is 17.2 Å². The molecule has 25 heavy (non-hydrogen) atoms. The highest BCUT2D eigenvalue weighted by molar-refractivity contribution is 7.07. The zero-order valence-corrected chi connectivity index (χ0v) is 15.4. The standard InChI is InChI=1S/C19H24N4OS/c1-15(24)23(12-16-2-7-25-13-16)18-8-19(18)3-5-22(6-4-19)11-17-9-20-14-21-10-17/h2,7,9-10,13-14,18H,3-6,8,11-12H2,1H3/t18-/m1/s1. The maximum absolute atomic E-state index is 12.2. The normalized spacial score (nSPS) is 22.0. The maximum atomic E-state index is 12.2. The summed E-state index contributed by atoms with van der Waals surface area (Å²) in [7, 11) is 0. The predicted molar refractivity (Wildman–Crippen MR) is 97.9 cm³/mol. The highest BCUT2D eigenvalue weighted by Crippen LogP contribution is 2.57. The number of piperidine rings is 1. The highest BCUT2D eigenvalue weighted by Gasteiger charge is 2.58. The molecule has 1 amide bonds. The summed E-state index contributed by atoms with van der Waals surface area (Å²) in [6.07, 6.45) is 8.90. The largest absolute Gasteiger partial charge is 0.335 e. The van der Waals surface area contributed by atoms with Gasteiger partial charge < -0.3 is 4.90 Å². The molecule has 132 valence electrons. The minimum absolute atomic E-state index is 0.205. The molecule has 2 aliphatic rings. The maximum Gasteiger partial charge on any atom is 0.220 e. The number of hydrogen-bond acceptors (Lipinski definition) is 5. The van der Waals surface area contributed by atoms with Gasteiger partial charge in [0.05, 0.1) is 0 Å². The van der Waals surface area contributed by atoms with Crippen LogP contribution in [0.4, 0.5) is 0 Å². The highest BCUT2D eigenvalue weighted by atomic mass is 32.1. The summed E-state index contributed by atoms with van der Waals surface area (Å²) < 4.78 is 0. The molecule has 6 heteroatoms. The summed E-state index contributed by atoms with van der Waals surface area (Å²) >= 11 is 1.70. The second kappa shape index (κ2) is 6.84. The van der Waals surface area contributed by atoms with Gasteiger partial charge in [0.1, 0.15) is 6.33 Å². The van der Waals surface area contributed by atoms with Gasteiger partial charge in [-0.05, 0) is 60.2 Å². The van der Waals surface area contributed by atoms with Crippen molar-refractivity contribution in [2.24, 2.45) is 5.41 Å². The molecule has 1 atom stereocenters. The first-order valence-corrected chi connectivity index (χ1v) is 9.85. The first-order valence-electron chi connectivity index (χ1n) is 8.91. The lowest BCUT2D eigenvalue weighted by atomic mass is 9.92. The van der Waals surface area contributed by atoms with Crippen LogP contribution in [0.5, 0.6) is 0 Å². The van der Waals surface area contributed by atoms with Gasteiger partial charge in [-0.3, -0.25) is 9.69 Å². The van der Waals surface area contributed by atoms with Crippen LogP contribution >= 0.6 is 11.3 Å². The van der Waals surface area contributed by atoms with Crippen molar-refractivity contribution in [2.45, 2.75) is 45.3 Å². The van der Waals surface area contributed by atoms with Crippen LogP contribution in [0, 0.1) is 5.41 Å². The Labute approximate surface area is 152 Å². The average molecular weight is 356 g/mol. The SMILES string of the molecule is CC(=O)N(Cc1ccsc1)[C@@H]1CC12CCN(Cc1cncnc1)CC2. The minimum Gasteiger partial charge on any atom is -0.335 e. The third-order valence-corrected chi connectivity index (χ3v) is 6.46. The van der Waals surface area contributed by atoms with Crippen LogP contribution in [0.1, 0.15) is 37.3 Å². The Morgan fingerprint density at radius 2 is 2.08 bits per heavy atom. The van der Waals surface area contributed by atoms with Crippen molar-refractivity contribution in [1.29, 1.82) is 0 Å². The van der Waals surface area contributed by atoms with Crippen LogP contribution in [-0.4, -0.2) is 44.8 Å². The molecule has 1 saturated carbocycles. The first-order chi connectivity index (χ1) is 12.2. The summed E-state index contributed by atoms with van der Waals surface area (Å²) in [5.74, 6) is 0.205. The fraction of sp³-hybridized carbons (Fsp3) is 0.526. The third kappa shape index (κ3) is 3.60. The number of carbonyl (C=O) groups is 1. The van der Waals surface area contributed by atoms with Crippen molar-refractivity contribution in [3.63, 3.8) is 0 Å². The quantitative estimate of drug-likeness (QED) is 0.826. The summed E-state index contributed by atoms with van der Waals surface area (Å²) in [6.45, 7) is 5.58. The topological polar surface area (TPSA) is 49.3 Å². The molecule has 4 rings (SSSR count). The number of hydrogen-bond donors (Lipinski definition) is 0. The molecule has 1 saturated heterocycles. The van der Waals surface area contributed by atoms with Gasteiger partial charge in [0, 0.05) is 44.0 Å². The Bertz CT molecular complexity index is 710. The third-order valence-electron chi connectivity index (χ3n) is 5.73. The Kier molecular flexibility index (Phi) is 4.56. The van der Waals surface area contributed by atoms with Crippen molar-refractivity contribution in [1.82, 2.24) is 19.8 Å². The molecule has 0 aromatic carbocycles. The second-order valence-corrected chi connectivity index (χ2v) is 8.16. The average Bonchev–Trinajstić information content (AvgIpc) is 3.04. The van der Waals surface area contributed by atoms with Gasteiger partial charge in [-0.1, -0.05) is 0 Å². The number of amides is 1. The monoisotopic (exact) mass is 356 g/mol. The summed E-state index contributed by atoms with van der Waals surface area (Å²) in [6, 6.07) is 2.55. The molecule has 3 heterocycles. The number of carbonyl (C=O) groups excluding carboxylic acids is 1. The molecule has 1 aliphatic carbocycles. The summed E-state index contributed by atoms with van der Waals surface area (Å²) in [4.78, 5) is 25.0. The zero-order valence-electron chi connectivity index (χ0n) is 14.6. The number of aromatic nitrogens is 2. The van der Waals surface area contributed by atoms with E-state index >= 15 is 0 Å². The molecular formula is C19H24N4OS. The van der Waals surface area contributed by atoms with E-state index in [-0.39, 0.29) is 5.91 Å². The van der Waals surface area contributed by atoms with E-state index in [2.05, 4.69) is 36.6 Å². The molecular weight excluding hydrogens is 332 g/mol. The Balaban J connectivity index is 1.35. The van der Waals surface area contributed by atoms with Gasteiger partial charge in [-0.15, -0.1) is 0 Å². The van der Waals surface area contributed by atoms with Gasteiger partial charge in [-0.25, -0.2) is 9.97 Å². The Hall–Kier alpha value is -1.79. The Morgan fingerprint density at radius 1 is 1.32 bits per heavy atom. The smallest absolute Gasteiger partial charge is 0.220 e. The van der Waals surface area contributed by atoms with E-state index in [4.69, 9.17) is 0 Å². The summed E-state index contributed by atoms with van der Waals surface area (Å²) in [5, 5.41) is 4.23. The van der Waals surface area contributed by atoms with E-state index in [1.165, 1.54) is 30.4 Å². The van der Waals surface area contributed by atoms with E-state index in [1.807, 2.05) is 12.4 Å². The number of rotatable bonds is 5. The van der Waals surface area contributed by atoms with Gasteiger partial charge in [0.15, 0.2) is 0 Å². The van der Waals surface area contributed by atoms with Crippen LogP contribution in [-0.2, 0) is 17.9 Å². The molecule has 2 aromatic rings. The lowest BCUT2D eigenvalue weighted by Crippen LogP contribution is -2.39. The lowest BCUT2D eigenvalue weighted by molar-refractivity contribution is -0.130. The second-order valence-electron chi connectivity index (χ2n) is 7.38. The molecule has 5 nitrogen and oxygen atoms in total. The fourth-order valence-electron chi connectivity index (χ4n) is 4.15. The van der Waals surface area contributed by atoms with Crippen LogP contribution in [0.15, 0.2) is 35.5 Å². The molecule has 0 radical (unpaired) electrons. The fourth-order valence-corrected chi connectivity index (χ4v) is 4.81. The van der Waals surface area contributed by atoms with E-state index in [0.29, 0.717) is 11.5 Å². The van der Waals surface area contributed by atoms with Crippen molar-refractivity contribution in [3.8, 4) is 0 Å². The van der Waals surface area contributed by atoms with E-state index in [9.17, 15) is 4.79 Å². The number of likely N-dealkylation sites (tertiary alicyclic amines) is 1. The zero-order chi connectivity index (χ0) is 17.3. The Morgan fingerprint density at radius 3 is 2.72 bits per heavy atom. The molecule has 2 aromatic heterocycles. The van der Waals surface area contributed by atoms with Gasteiger partial charge in [-0.2, -0.15) is 11.3 Å². The molecule has 1 aliphatic heterocycles. The molecule has 1 spiro atoms. The van der Waals surface area contributed by atoms with Crippen LogP contribution in [0.3, 0.4) is 0 Å². The van der Waals surface area contributed by atoms with Crippen molar-refractivity contribution in [3.05, 3.63) is 46.7 Å². The van der Waals surface area contributed by atoms with Gasteiger partial charge in [0.2, 0.25) is 5.91 Å². The van der Waals surface area contributed by atoms with E-state index in [1.54, 1.807) is 24.6 Å². The molecule has 0 N–H and O–H groups in total. The van der Waals surface area contributed by atoms with E-state index < -0.39 is 0 Å². The van der Waals surface area contributed by atoms with Crippen LogP contribution < -0.4 is 0 Å². The van der Waals surface area contributed by atoms with Crippen LogP contribution in [0.25, 0.3) is 0 Å². The minimum atomic E-state index is 0.205. The van der Waals surface area contributed by atoms with Gasteiger partial charge in [0.25, 0.3) is 0 Å². The number of nitrogens with zero attached hydrogens (tertiary/aromatic N) is 4. The molecule has 0 bridgehead atoms. The molecule has 0 unspecified atom stereocenters. The number of thiophene rings is 1. The lowest BCUT2D eigenvalue weighted by Gasteiger charge is -2.34. The van der Waals surface area contributed by atoms with Crippen molar-refractivity contribution < 1.29 is 4.79 Å². The van der Waals surface area contributed by atoms with Gasteiger partial charge >= 0.3 is 0 Å². The van der Waals surface area contributed by atoms with E-state index in [0.717, 1.165) is 26.2 Å². The predicted octanol–water partition coefficient (Wildman–Crippen LogP) is 2.94. The van der Waals surface area contributed by atoms with Crippen molar-refractivity contribution in [2.75, 3.05) is 13.1 Å².